The van der Waals surface area contributed by atoms with Crippen LogP contribution >= 0.6 is 0 Å². The van der Waals surface area contributed by atoms with Crippen molar-refractivity contribution < 1.29 is 23.9 Å². The third-order valence-electron chi connectivity index (χ3n) is 6.30. The molecule has 9 nitrogen and oxygen atoms in total. The van der Waals surface area contributed by atoms with E-state index in [0.717, 1.165) is 38.0 Å². The predicted molar refractivity (Wildman–Crippen MR) is 123 cm³/mol. The zero-order valence-corrected chi connectivity index (χ0v) is 19.3. The Morgan fingerprint density at radius 1 is 1.15 bits per heavy atom. The number of hydrogen-bond donors (Lipinski definition) is 2. The van der Waals surface area contributed by atoms with Gasteiger partial charge in [-0.1, -0.05) is 19.1 Å². The van der Waals surface area contributed by atoms with Crippen molar-refractivity contribution >= 4 is 23.6 Å². The first kappa shape index (κ1) is 22.9. The molecule has 33 heavy (non-hydrogen) atoms. The van der Waals surface area contributed by atoms with Crippen molar-refractivity contribution in [1.82, 2.24) is 15.5 Å². The van der Waals surface area contributed by atoms with Crippen LogP contribution in [0.2, 0.25) is 0 Å². The van der Waals surface area contributed by atoms with Gasteiger partial charge in [0.25, 0.3) is 5.91 Å². The molecule has 3 aliphatic heterocycles. The number of benzene rings is 1. The second kappa shape index (κ2) is 10.1. The number of amides is 3. The van der Waals surface area contributed by atoms with E-state index in [-0.39, 0.29) is 25.1 Å². The highest BCUT2D eigenvalue weighted by atomic mass is 16.5. The molecule has 3 aliphatic rings. The van der Waals surface area contributed by atoms with Crippen LogP contribution in [0.1, 0.15) is 39.5 Å². The van der Waals surface area contributed by atoms with Crippen LogP contribution in [0.5, 0.6) is 5.75 Å². The Morgan fingerprint density at radius 2 is 1.91 bits per heavy atom. The highest BCUT2D eigenvalue weighted by Gasteiger charge is 2.37. The molecule has 0 saturated carbocycles. The Labute approximate surface area is 194 Å². The van der Waals surface area contributed by atoms with Gasteiger partial charge in [0.15, 0.2) is 6.10 Å². The third kappa shape index (κ3) is 4.91. The number of para-hydroxylation sites is 2. The van der Waals surface area contributed by atoms with Crippen LogP contribution in [0.3, 0.4) is 0 Å². The molecule has 1 fully saturated rings. The van der Waals surface area contributed by atoms with Crippen molar-refractivity contribution in [2.75, 3.05) is 37.7 Å². The smallest absolute Gasteiger partial charge is 0.337 e. The maximum atomic E-state index is 13.2. The molecule has 1 saturated heterocycles. The number of anilines is 1. The summed E-state index contributed by atoms with van der Waals surface area (Å²) in [5.41, 5.74) is 1.73. The van der Waals surface area contributed by atoms with Crippen LogP contribution in [-0.2, 0) is 14.3 Å². The summed E-state index contributed by atoms with van der Waals surface area (Å²) in [4.78, 5) is 42.2. The second-order valence-electron chi connectivity index (χ2n) is 8.51. The number of rotatable bonds is 6. The zero-order valence-electron chi connectivity index (χ0n) is 19.3. The van der Waals surface area contributed by atoms with Crippen molar-refractivity contribution in [3.05, 3.63) is 35.5 Å². The van der Waals surface area contributed by atoms with E-state index in [1.807, 2.05) is 41.0 Å². The van der Waals surface area contributed by atoms with Crippen LogP contribution in [0.4, 0.5) is 10.5 Å². The molecule has 9 heteroatoms. The number of nitrogens with zero attached hydrogens (tertiary/aromatic N) is 2. The molecule has 0 spiro atoms. The van der Waals surface area contributed by atoms with Crippen molar-refractivity contribution in [2.45, 2.75) is 51.7 Å². The van der Waals surface area contributed by atoms with Crippen molar-refractivity contribution in [3.63, 3.8) is 0 Å². The summed E-state index contributed by atoms with van der Waals surface area (Å²) < 4.78 is 11.4. The highest BCUT2D eigenvalue weighted by molar-refractivity contribution is 5.95. The van der Waals surface area contributed by atoms with Gasteiger partial charge in [0.05, 0.1) is 42.7 Å². The molecule has 1 aromatic rings. The van der Waals surface area contributed by atoms with E-state index in [9.17, 15) is 14.4 Å². The van der Waals surface area contributed by atoms with Crippen LogP contribution in [0, 0.1) is 0 Å². The Bertz CT molecular complexity index is 941. The van der Waals surface area contributed by atoms with E-state index in [0.29, 0.717) is 30.0 Å². The van der Waals surface area contributed by atoms with E-state index < -0.39 is 18.1 Å². The molecule has 0 aliphatic carbocycles. The average molecular weight is 457 g/mol. The van der Waals surface area contributed by atoms with Gasteiger partial charge in [-0.15, -0.1) is 0 Å². The number of nitrogens with one attached hydrogen (secondary N) is 2. The molecule has 2 N–H and O–H groups in total. The van der Waals surface area contributed by atoms with Gasteiger partial charge in [0.2, 0.25) is 0 Å². The summed E-state index contributed by atoms with van der Waals surface area (Å²) in [7, 11) is 0. The molecule has 178 valence electrons. The molecular formula is C24H32N4O5. The molecule has 4 rings (SSSR count). The SMILES string of the molecule is CCOC(=O)C1=C(CN2CC(C(=O)N3CCCCC3)Oc3ccccc32)NC(=O)NC1CC. The summed E-state index contributed by atoms with van der Waals surface area (Å²) in [6, 6.07) is 6.74. The summed E-state index contributed by atoms with van der Waals surface area (Å²) >= 11 is 0. The first-order valence-corrected chi connectivity index (χ1v) is 11.8. The Kier molecular flexibility index (Phi) is 7.05. The number of carbonyl (C=O) groups is 3. The van der Waals surface area contributed by atoms with Crippen LogP contribution in [-0.4, -0.2) is 67.7 Å². The van der Waals surface area contributed by atoms with E-state index >= 15 is 0 Å². The van der Waals surface area contributed by atoms with Crippen molar-refractivity contribution in [2.24, 2.45) is 0 Å². The lowest BCUT2D eigenvalue weighted by Crippen LogP contribution is -2.55. The van der Waals surface area contributed by atoms with Crippen LogP contribution < -0.4 is 20.3 Å². The molecule has 0 bridgehead atoms. The van der Waals surface area contributed by atoms with Gasteiger partial charge in [0.1, 0.15) is 5.75 Å². The fraction of sp³-hybridized carbons (Fsp3) is 0.542. The molecule has 0 aromatic heterocycles. The van der Waals surface area contributed by atoms with E-state index in [2.05, 4.69) is 10.6 Å². The highest BCUT2D eigenvalue weighted by Crippen LogP contribution is 2.34. The first-order chi connectivity index (χ1) is 16.0. The number of piperidine rings is 1. The average Bonchev–Trinajstić information content (AvgIpc) is 2.83. The van der Waals surface area contributed by atoms with E-state index in [1.165, 1.54) is 0 Å². The second-order valence-corrected chi connectivity index (χ2v) is 8.51. The maximum Gasteiger partial charge on any atom is 0.337 e. The molecule has 3 amide bonds. The van der Waals surface area contributed by atoms with Gasteiger partial charge >= 0.3 is 12.0 Å². The van der Waals surface area contributed by atoms with Crippen molar-refractivity contribution in [1.29, 1.82) is 0 Å². The minimum absolute atomic E-state index is 0.0189. The topological polar surface area (TPSA) is 100 Å². The van der Waals surface area contributed by atoms with Crippen LogP contribution in [0.15, 0.2) is 35.5 Å². The minimum Gasteiger partial charge on any atom is -0.477 e. The predicted octanol–water partition coefficient (Wildman–Crippen LogP) is 2.18. The van der Waals surface area contributed by atoms with Crippen molar-refractivity contribution in [3.8, 4) is 5.75 Å². The fourth-order valence-electron chi connectivity index (χ4n) is 4.68. The molecule has 0 radical (unpaired) electrons. The summed E-state index contributed by atoms with van der Waals surface area (Å²) in [5.74, 6) is 0.147. The number of likely N-dealkylation sites (tertiary alicyclic amines) is 1. The number of carbonyl (C=O) groups excluding carboxylic acids is 3. The fourth-order valence-corrected chi connectivity index (χ4v) is 4.68. The Balaban J connectivity index is 1.64. The molecule has 3 heterocycles. The standard InChI is InChI=1S/C24H32N4O5/c1-3-16-21(23(30)32-4-2)17(26-24(31)25-16)14-28-15-20(22(29)27-12-8-5-9-13-27)33-19-11-7-6-10-18(19)28/h6-7,10-11,16,20H,3-5,8-9,12-15H2,1-2H3,(H2,25,26,31). The number of hydrogen-bond acceptors (Lipinski definition) is 6. The van der Waals surface area contributed by atoms with Gasteiger partial charge < -0.3 is 29.9 Å². The molecular weight excluding hydrogens is 424 g/mol. The quantitative estimate of drug-likeness (QED) is 0.637. The van der Waals surface area contributed by atoms with Gasteiger partial charge in [0, 0.05) is 13.1 Å². The lowest BCUT2D eigenvalue weighted by Gasteiger charge is -2.39. The Hall–Kier alpha value is -3.23. The summed E-state index contributed by atoms with van der Waals surface area (Å²) in [6.07, 6.45) is 3.06. The monoisotopic (exact) mass is 456 g/mol. The van der Waals surface area contributed by atoms with E-state index in [4.69, 9.17) is 9.47 Å². The lowest BCUT2D eigenvalue weighted by molar-refractivity contribution is -0.140. The lowest BCUT2D eigenvalue weighted by atomic mass is 9.99. The molecule has 2 atom stereocenters. The van der Waals surface area contributed by atoms with Gasteiger partial charge in [-0.25, -0.2) is 9.59 Å². The van der Waals surface area contributed by atoms with Crippen LogP contribution in [0.25, 0.3) is 0 Å². The third-order valence-corrected chi connectivity index (χ3v) is 6.30. The largest absolute Gasteiger partial charge is 0.477 e. The number of ether oxygens (including phenoxy) is 2. The number of esters is 1. The Morgan fingerprint density at radius 3 is 2.64 bits per heavy atom. The van der Waals surface area contributed by atoms with Gasteiger partial charge in [-0.2, -0.15) is 0 Å². The maximum absolute atomic E-state index is 13.2. The summed E-state index contributed by atoms with van der Waals surface area (Å²) in [5, 5.41) is 5.61. The molecule has 2 unspecified atom stereocenters. The normalized spacial score (nSPS) is 22.7. The minimum atomic E-state index is -0.649. The number of fused-ring (bicyclic) bond motifs is 1. The van der Waals surface area contributed by atoms with Gasteiger partial charge in [-0.3, -0.25) is 4.79 Å². The molecule has 1 aromatic carbocycles. The van der Waals surface area contributed by atoms with Gasteiger partial charge in [-0.05, 0) is 44.7 Å². The summed E-state index contributed by atoms with van der Waals surface area (Å²) in [6.45, 7) is 5.98. The number of urea groups is 1. The van der Waals surface area contributed by atoms with E-state index in [1.54, 1.807) is 6.92 Å². The zero-order chi connectivity index (χ0) is 23.4. The first-order valence-electron chi connectivity index (χ1n) is 11.8.